The lowest BCUT2D eigenvalue weighted by Crippen LogP contribution is -2.17. The number of halogens is 1. The predicted octanol–water partition coefficient (Wildman–Crippen LogP) is 3.54. The van der Waals surface area contributed by atoms with Crippen LogP contribution in [0.5, 0.6) is 0 Å². The molecule has 2 aromatic rings. The number of anilines is 2. The molecule has 0 bridgehead atoms. The molecule has 0 saturated carbocycles. The average Bonchev–Trinajstić information content (AvgIpc) is 2.38. The van der Waals surface area contributed by atoms with Crippen LogP contribution in [0.3, 0.4) is 0 Å². The summed E-state index contributed by atoms with van der Waals surface area (Å²) in [6.07, 6.45) is 0. The van der Waals surface area contributed by atoms with Crippen LogP contribution in [0.4, 0.5) is 11.5 Å². The van der Waals surface area contributed by atoms with E-state index in [-0.39, 0.29) is 0 Å². The van der Waals surface area contributed by atoms with Gasteiger partial charge < -0.3 is 11.1 Å². The van der Waals surface area contributed by atoms with Gasteiger partial charge in [0.05, 0.1) is 16.9 Å². The number of nitrogens with one attached hydrogen (secondary N) is 1. The Labute approximate surface area is 131 Å². The molecule has 0 spiro atoms. The molecular formula is C14H15BrN4S. The zero-order chi connectivity index (χ0) is 14.9. The number of hydrogen-bond acceptors (Lipinski definition) is 4. The van der Waals surface area contributed by atoms with Crippen LogP contribution >= 0.6 is 28.1 Å². The quantitative estimate of drug-likeness (QED) is 0.828. The second kappa shape index (κ2) is 5.85. The van der Waals surface area contributed by atoms with Gasteiger partial charge in [0.25, 0.3) is 0 Å². The Hall–Kier alpha value is -1.53. The fraction of sp³-hybridized carbons (Fsp3) is 0.214. The Balaban J connectivity index is 2.51. The Morgan fingerprint density at radius 3 is 2.60 bits per heavy atom. The molecular weight excluding hydrogens is 336 g/mol. The van der Waals surface area contributed by atoms with Crippen LogP contribution < -0.4 is 11.1 Å². The number of nitrogens with zero attached hydrogens (tertiary/aromatic N) is 2. The van der Waals surface area contributed by atoms with Crippen LogP contribution in [0, 0.1) is 20.8 Å². The van der Waals surface area contributed by atoms with E-state index in [0.717, 1.165) is 32.5 Å². The van der Waals surface area contributed by atoms with E-state index >= 15 is 0 Å². The van der Waals surface area contributed by atoms with Crippen molar-refractivity contribution >= 4 is 44.6 Å². The second-order valence-corrected chi connectivity index (χ2v) is 5.90. The molecule has 0 saturated heterocycles. The first-order valence-corrected chi connectivity index (χ1v) is 7.27. The van der Waals surface area contributed by atoms with Crippen molar-refractivity contribution in [2.24, 2.45) is 5.73 Å². The number of benzene rings is 1. The number of aryl methyl sites for hydroxylation is 2. The zero-order valence-electron chi connectivity index (χ0n) is 11.5. The maximum absolute atomic E-state index is 5.82. The molecule has 0 aliphatic rings. The van der Waals surface area contributed by atoms with Crippen molar-refractivity contribution in [2.75, 3.05) is 5.32 Å². The highest BCUT2D eigenvalue weighted by atomic mass is 79.9. The van der Waals surface area contributed by atoms with Gasteiger partial charge in [0.15, 0.2) is 5.82 Å². The highest BCUT2D eigenvalue weighted by molar-refractivity contribution is 9.10. The summed E-state index contributed by atoms with van der Waals surface area (Å²) in [5.74, 6) is 0.576. The molecule has 6 heteroatoms. The lowest BCUT2D eigenvalue weighted by molar-refractivity contribution is 0.963. The molecule has 0 amide bonds. The fourth-order valence-corrected chi connectivity index (χ4v) is 2.46. The van der Waals surface area contributed by atoms with Crippen LogP contribution in [0.25, 0.3) is 0 Å². The third-order valence-electron chi connectivity index (χ3n) is 3.08. The van der Waals surface area contributed by atoms with Crippen molar-refractivity contribution in [1.82, 2.24) is 10.2 Å². The molecule has 3 N–H and O–H groups in total. The number of hydrogen-bond donors (Lipinski definition) is 2. The summed E-state index contributed by atoms with van der Waals surface area (Å²) in [4.78, 5) is 0.312. The van der Waals surface area contributed by atoms with Crippen molar-refractivity contribution in [1.29, 1.82) is 0 Å². The van der Waals surface area contributed by atoms with Crippen LogP contribution in [0.2, 0.25) is 0 Å². The molecule has 1 aromatic carbocycles. The van der Waals surface area contributed by atoms with Gasteiger partial charge in [0, 0.05) is 4.47 Å². The van der Waals surface area contributed by atoms with Gasteiger partial charge in [0.1, 0.15) is 4.99 Å². The summed E-state index contributed by atoms with van der Waals surface area (Å²) in [5.41, 5.74) is 10.4. The minimum atomic E-state index is 0.312. The van der Waals surface area contributed by atoms with Gasteiger partial charge in [-0.25, -0.2) is 0 Å². The van der Waals surface area contributed by atoms with Crippen LogP contribution in [-0.2, 0) is 0 Å². The summed E-state index contributed by atoms with van der Waals surface area (Å²) < 4.78 is 0.942. The van der Waals surface area contributed by atoms with Gasteiger partial charge >= 0.3 is 0 Å². The molecule has 0 atom stereocenters. The number of rotatable bonds is 3. The smallest absolute Gasteiger partial charge is 0.163 e. The van der Waals surface area contributed by atoms with Crippen molar-refractivity contribution in [2.45, 2.75) is 20.8 Å². The largest absolute Gasteiger partial charge is 0.389 e. The lowest BCUT2D eigenvalue weighted by atomic mass is 10.1. The molecule has 1 heterocycles. The van der Waals surface area contributed by atoms with E-state index < -0.39 is 0 Å². The Morgan fingerprint density at radius 1 is 1.25 bits per heavy atom. The van der Waals surface area contributed by atoms with E-state index in [1.807, 2.05) is 39.0 Å². The minimum absolute atomic E-state index is 0.312. The van der Waals surface area contributed by atoms with E-state index in [0.29, 0.717) is 10.8 Å². The number of thiocarbonyl (C=S) groups is 1. The summed E-state index contributed by atoms with van der Waals surface area (Å²) in [7, 11) is 0. The average molecular weight is 351 g/mol. The Kier molecular flexibility index (Phi) is 4.35. The van der Waals surface area contributed by atoms with Crippen LogP contribution in [0.15, 0.2) is 22.7 Å². The Bertz CT molecular complexity index is 685. The first kappa shape index (κ1) is 14.9. The predicted molar refractivity (Wildman–Crippen MR) is 89.6 cm³/mol. The normalized spacial score (nSPS) is 10.4. The SMILES string of the molecule is Cc1ccc(Br)c(Nc2nnc(C)c(C)c2C(N)=S)c1. The van der Waals surface area contributed by atoms with E-state index in [4.69, 9.17) is 18.0 Å². The second-order valence-electron chi connectivity index (χ2n) is 4.61. The van der Waals surface area contributed by atoms with Crippen molar-refractivity contribution < 1.29 is 0 Å². The molecule has 0 radical (unpaired) electrons. The van der Waals surface area contributed by atoms with Gasteiger partial charge in [-0.3, -0.25) is 0 Å². The fourth-order valence-electron chi connectivity index (χ4n) is 1.86. The first-order chi connectivity index (χ1) is 9.40. The molecule has 4 nitrogen and oxygen atoms in total. The maximum atomic E-state index is 5.82. The third-order valence-corrected chi connectivity index (χ3v) is 3.97. The zero-order valence-corrected chi connectivity index (χ0v) is 13.9. The maximum Gasteiger partial charge on any atom is 0.163 e. The van der Waals surface area contributed by atoms with Crippen molar-refractivity contribution in [3.63, 3.8) is 0 Å². The highest BCUT2D eigenvalue weighted by Crippen LogP contribution is 2.28. The first-order valence-electron chi connectivity index (χ1n) is 6.07. The molecule has 0 aliphatic carbocycles. The summed E-state index contributed by atoms with van der Waals surface area (Å²) in [5, 5.41) is 11.5. The molecule has 0 unspecified atom stereocenters. The molecule has 2 rings (SSSR count). The minimum Gasteiger partial charge on any atom is -0.389 e. The lowest BCUT2D eigenvalue weighted by Gasteiger charge is -2.14. The molecule has 1 aromatic heterocycles. The summed E-state index contributed by atoms with van der Waals surface area (Å²) >= 11 is 8.64. The topological polar surface area (TPSA) is 63.8 Å². The van der Waals surface area contributed by atoms with Crippen LogP contribution in [0.1, 0.15) is 22.4 Å². The van der Waals surface area contributed by atoms with E-state index in [9.17, 15) is 0 Å². The molecule has 104 valence electrons. The van der Waals surface area contributed by atoms with Crippen LogP contribution in [-0.4, -0.2) is 15.2 Å². The Morgan fingerprint density at radius 2 is 1.95 bits per heavy atom. The summed E-state index contributed by atoms with van der Waals surface area (Å²) in [6.45, 7) is 5.85. The molecule has 0 fully saturated rings. The standard InChI is InChI=1S/C14H15BrN4S/c1-7-4-5-10(15)11(6-7)17-14-12(13(16)20)8(2)9(3)18-19-14/h4-6H,1-3H3,(H2,16,20)(H,17,19). The number of nitrogens with two attached hydrogens (primary N) is 1. The molecule has 0 aliphatic heterocycles. The van der Waals surface area contributed by atoms with Gasteiger partial charge in [-0.15, -0.1) is 5.10 Å². The number of aromatic nitrogens is 2. The van der Waals surface area contributed by atoms with Gasteiger partial charge in [-0.2, -0.15) is 5.10 Å². The van der Waals surface area contributed by atoms with Gasteiger partial charge in [0.2, 0.25) is 0 Å². The van der Waals surface area contributed by atoms with E-state index in [1.165, 1.54) is 0 Å². The van der Waals surface area contributed by atoms with E-state index in [1.54, 1.807) is 0 Å². The van der Waals surface area contributed by atoms with E-state index in [2.05, 4.69) is 31.4 Å². The third kappa shape index (κ3) is 2.96. The molecule has 20 heavy (non-hydrogen) atoms. The highest BCUT2D eigenvalue weighted by Gasteiger charge is 2.14. The van der Waals surface area contributed by atoms with Gasteiger partial charge in [-0.1, -0.05) is 18.3 Å². The van der Waals surface area contributed by atoms with Gasteiger partial charge in [-0.05, 0) is 60.0 Å². The van der Waals surface area contributed by atoms with Crippen molar-refractivity contribution in [3.8, 4) is 0 Å². The monoisotopic (exact) mass is 350 g/mol. The van der Waals surface area contributed by atoms with Crippen molar-refractivity contribution in [3.05, 3.63) is 45.1 Å². The summed E-state index contributed by atoms with van der Waals surface area (Å²) in [6, 6.07) is 6.02.